The number of carbonyl (C=O) groups excluding carboxylic acids is 1. The number of nitrogens with one attached hydrogen (secondary N) is 1. The Balaban J connectivity index is 2.98. The normalized spacial score (nSPS) is 12.0. The highest BCUT2D eigenvalue weighted by molar-refractivity contribution is 7.90. The molecule has 0 unspecified atom stereocenters. The van der Waals surface area contributed by atoms with Crippen LogP contribution in [-0.4, -0.2) is 37.2 Å². The highest BCUT2D eigenvalue weighted by Crippen LogP contribution is 2.21. The van der Waals surface area contributed by atoms with Gasteiger partial charge in [-0.3, -0.25) is 9.59 Å². The van der Waals surface area contributed by atoms with Crippen LogP contribution in [0.3, 0.4) is 0 Å². The molecule has 23 heavy (non-hydrogen) atoms. The smallest absolute Gasteiger partial charge is 0.305 e. The van der Waals surface area contributed by atoms with Crippen LogP contribution in [0.15, 0.2) is 29.2 Å². The maximum absolute atomic E-state index is 12.3. The third kappa shape index (κ3) is 5.35. The van der Waals surface area contributed by atoms with E-state index >= 15 is 0 Å². The third-order valence-electron chi connectivity index (χ3n) is 3.97. The number of carbonyl (C=O) groups is 2. The van der Waals surface area contributed by atoms with Gasteiger partial charge in [-0.05, 0) is 24.5 Å². The zero-order valence-corrected chi connectivity index (χ0v) is 14.4. The number of rotatable bonds is 8. The molecule has 0 spiro atoms. The van der Waals surface area contributed by atoms with Gasteiger partial charge in [-0.1, -0.05) is 32.0 Å². The lowest BCUT2D eigenvalue weighted by Crippen LogP contribution is -2.49. The van der Waals surface area contributed by atoms with Gasteiger partial charge in [0, 0.05) is 11.8 Å². The second-order valence-corrected chi connectivity index (χ2v) is 7.65. The third-order valence-corrected chi connectivity index (χ3v) is 5.17. The summed E-state index contributed by atoms with van der Waals surface area (Å²) in [5.41, 5.74) is -0.410. The van der Waals surface area contributed by atoms with Gasteiger partial charge in [0.1, 0.15) is 0 Å². The Kier molecular flexibility index (Phi) is 6.32. The first-order valence-electron chi connectivity index (χ1n) is 7.44. The first-order valence-corrected chi connectivity index (χ1v) is 9.33. The van der Waals surface area contributed by atoms with Gasteiger partial charge in [-0.2, -0.15) is 0 Å². The molecular formula is C16H23NO5S. The van der Waals surface area contributed by atoms with Crippen molar-refractivity contribution in [1.29, 1.82) is 0 Å². The maximum atomic E-state index is 12.3. The molecule has 128 valence electrons. The molecule has 6 nitrogen and oxygen atoms in total. The molecule has 0 atom stereocenters. The second kappa shape index (κ2) is 7.59. The predicted molar refractivity (Wildman–Crippen MR) is 87.0 cm³/mol. The predicted octanol–water partition coefficient (Wildman–Crippen LogP) is 1.78. The number of benzene rings is 1. The summed E-state index contributed by atoms with van der Waals surface area (Å²) in [6, 6.07) is 6.32. The van der Waals surface area contributed by atoms with Crippen LogP contribution in [0.5, 0.6) is 0 Å². The lowest BCUT2D eigenvalue weighted by atomic mass is 9.88. The van der Waals surface area contributed by atoms with Crippen LogP contribution < -0.4 is 5.32 Å². The van der Waals surface area contributed by atoms with E-state index in [0.717, 1.165) is 6.26 Å². The molecule has 0 aliphatic carbocycles. The SMILES string of the molecule is CCC(CC)(CC(=O)O)NC(=O)Cc1ccccc1S(C)(=O)=O. The number of amides is 1. The van der Waals surface area contributed by atoms with Crippen LogP contribution in [-0.2, 0) is 25.8 Å². The van der Waals surface area contributed by atoms with E-state index in [0.29, 0.717) is 18.4 Å². The second-order valence-electron chi connectivity index (χ2n) is 5.66. The number of hydrogen-bond donors (Lipinski definition) is 2. The minimum absolute atomic E-state index is 0.107. The average molecular weight is 341 g/mol. The molecule has 0 fully saturated rings. The van der Waals surface area contributed by atoms with E-state index in [2.05, 4.69) is 5.32 Å². The van der Waals surface area contributed by atoms with Crippen LogP contribution in [0, 0.1) is 0 Å². The summed E-state index contributed by atoms with van der Waals surface area (Å²) in [6.45, 7) is 3.63. The first-order chi connectivity index (χ1) is 10.6. The van der Waals surface area contributed by atoms with E-state index < -0.39 is 21.3 Å². The van der Waals surface area contributed by atoms with Crippen LogP contribution in [0.4, 0.5) is 0 Å². The van der Waals surface area contributed by atoms with Gasteiger partial charge in [-0.15, -0.1) is 0 Å². The van der Waals surface area contributed by atoms with E-state index in [9.17, 15) is 18.0 Å². The zero-order chi connectivity index (χ0) is 17.7. The monoisotopic (exact) mass is 341 g/mol. The molecule has 0 aliphatic rings. The van der Waals surface area contributed by atoms with Crippen LogP contribution in [0.2, 0.25) is 0 Å². The number of carboxylic acid groups (broad SMARTS) is 1. The van der Waals surface area contributed by atoms with Gasteiger partial charge < -0.3 is 10.4 Å². The molecule has 0 saturated carbocycles. The van der Waals surface area contributed by atoms with Gasteiger partial charge in [0.15, 0.2) is 9.84 Å². The molecule has 2 N–H and O–H groups in total. The molecular weight excluding hydrogens is 318 g/mol. The topological polar surface area (TPSA) is 101 Å². The summed E-state index contributed by atoms with van der Waals surface area (Å²) >= 11 is 0. The van der Waals surface area contributed by atoms with Crippen molar-refractivity contribution in [3.63, 3.8) is 0 Å². The fourth-order valence-corrected chi connectivity index (χ4v) is 3.48. The number of carboxylic acids is 1. The van der Waals surface area contributed by atoms with Gasteiger partial charge in [0.2, 0.25) is 5.91 Å². The van der Waals surface area contributed by atoms with Gasteiger partial charge in [0.25, 0.3) is 0 Å². The van der Waals surface area contributed by atoms with E-state index in [1.54, 1.807) is 18.2 Å². The van der Waals surface area contributed by atoms with Crippen molar-refractivity contribution in [3.8, 4) is 0 Å². The molecule has 0 aliphatic heterocycles. The van der Waals surface area contributed by atoms with E-state index in [4.69, 9.17) is 5.11 Å². The highest BCUT2D eigenvalue weighted by atomic mass is 32.2. The summed E-state index contributed by atoms with van der Waals surface area (Å²) in [5.74, 6) is -1.36. The maximum Gasteiger partial charge on any atom is 0.305 e. The summed E-state index contributed by atoms with van der Waals surface area (Å²) < 4.78 is 23.5. The van der Waals surface area contributed by atoms with Crippen LogP contribution >= 0.6 is 0 Å². The quantitative estimate of drug-likeness (QED) is 0.751. The summed E-state index contributed by atoms with van der Waals surface area (Å²) in [7, 11) is -3.43. The Morgan fingerprint density at radius 1 is 1.17 bits per heavy atom. The Morgan fingerprint density at radius 3 is 2.22 bits per heavy atom. The van der Waals surface area contributed by atoms with Crippen molar-refractivity contribution >= 4 is 21.7 Å². The molecule has 0 bridgehead atoms. The summed E-state index contributed by atoms with van der Waals surface area (Å²) in [4.78, 5) is 23.5. The van der Waals surface area contributed by atoms with Gasteiger partial charge in [-0.25, -0.2) is 8.42 Å². The minimum atomic E-state index is -3.43. The molecule has 1 aromatic carbocycles. The van der Waals surface area contributed by atoms with Crippen molar-refractivity contribution in [2.24, 2.45) is 0 Å². The standard InChI is InChI=1S/C16H23NO5S/c1-4-16(5-2,11-15(19)20)17-14(18)10-12-8-6-7-9-13(12)23(3,21)22/h6-9H,4-5,10-11H2,1-3H3,(H,17,18)(H,19,20). The Bertz CT molecular complexity index is 677. The molecule has 7 heteroatoms. The molecule has 0 radical (unpaired) electrons. The van der Waals surface area contributed by atoms with Gasteiger partial charge >= 0.3 is 5.97 Å². The summed E-state index contributed by atoms with van der Waals surface area (Å²) in [6.07, 6.45) is 1.78. The lowest BCUT2D eigenvalue weighted by Gasteiger charge is -2.31. The van der Waals surface area contributed by atoms with Crippen molar-refractivity contribution < 1.29 is 23.1 Å². The Hall–Kier alpha value is -1.89. The molecule has 0 aromatic heterocycles. The van der Waals surface area contributed by atoms with E-state index in [-0.39, 0.29) is 23.6 Å². The molecule has 0 saturated heterocycles. The van der Waals surface area contributed by atoms with Crippen LogP contribution in [0.1, 0.15) is 38.7 Å². The fraction of sp³-hybridized carbons (Fsp3) is 0.500. The molecule has 1 rings (SSSR count). The Labute approximate surface area is 136 Å². The number of sulfone groups is 1. The zero-order valence-electron chi connectivity index (χ0n) is 13.6. The lowest BCUT2D eigenvalue weighted by molar-refractivity contribution is -0.139. The molecule has 1 amide bonds. The molecule has 1 aromatic rings. The van der Waals surface area contributed by atoms with Crippen molar-refractivity contribution in [1.82, 2.24) is 5.32 Å². The Morgan fingerprint density at radius 2 is 1.74 bits per heavy atom. The average Bonchev–Trinajstić information content (AvgIpc) is 2.45. The van der Waals surface area contributed by atoms with Crippen molar-refractivity contribution in [2.45, 2.75) is 50.0 Å². The van der Waals surface area contributed by atoms with Crippen molar-refractivity contribution in [2.75, 3.05) is 6.26 Å². The molecule has 0 heterocycles. The largest absolute Gasteiger partial charge is 0.481 e. The van der Waals surface area contributed by atoms with E-state index in [1.807, 2.05) is 13.8 Å². The van der Waals surface area contributed by atoms with Crippen LogP contribution in [0.25, 0.3) is 0 Å². The minimum Gasteiger partial charge on any atom is -0.481 e. The number of aliphatic carboxylic acids is 1. The highest BCUT2D eigenvalue weighted by Gasteiger charge is 2.31. The van der Waals surface area contributed by atoms with Gasteiger partial charge in [0.05, 0.1) is 17.7 Å². The number of hydrogen-bond acceptors (Lipinski definition) is 4. The summed E-state index contributed by atoms with van der Waals surface area (Å²) in [5, 5.41) is 11.8. The van der Waals surface area contributed by atoms with Crippen molar-refractivity contribution in [3.05, 3.63) is 29.8 Å². The first kappa shape index (κ1) is 19.2. The van der Waals surface area contributed by atoms with E-state index in [1.165, 1.54) is 6.07 Å². The fourth-order valence-electron chi connectivity index (χ4n) is 2.53.